The molecule has 7 heteroatoms. The molecule has 128 valence electrons. The highest BCUT2D eigenvalue weighted by Gasteiger charge is 2.22. The van der Waals surface area contributed by atoms with E-state index in [4.69, 9.17) is 4.74 Å². The standard InChI is InChI=1S/C18H16FN3O3/c1-25-18(24)16(8-12-2-4-14(19)5-3-12)21-17(23)13-6-7-22-11-20-10-15(22)9-13/h2-7,9-11,16H,8H2,1H3,(H,21,23)/t16-/m0/s1. The third-order valence-electron chi connectivity index (χ3n) is 3.82. The predicted octanol–water partition coefficient (Wildman–Crippen LogP) is 1.99. The number of aromatic nitrogens is 2. The highest BCUT2D eigenvalue weighted by Crippen LogP contribution is 2.10. The summed E-state index contributed by atoms with van der Waals surface area (Å²) >= 11 is 0. The smallest absolute Gasteiger partial charge is 0.328 e. The van der Waals surface area contributed by atoms with E-state index in [2.05, 4.69) is 10.3 Å². The van der Waals surface area contributed by atoms with E-state index in [9.17, 15) is 14.0 Å². The van der Waals surface area contributed by atoms with E-state index in [-0.39, 0.29) is 12.2 Å². The van der Waals surface area contributed by atoms with Crippen LogP contribution in [-0.2, 0) is 16.0 Å². The Hall–Kier alpha value is -3.22. The summed E-state index contributed by atoms with van der Waals surface area (Å²) in [4.78, 5) is 28.5. The minimum Gasteiger partial charge on any atom is -0.467 e. The number of carbonyl (C=O) groups is 2. The first-order chi connectivity index (χ1) is 12.1. The molecule has 0 fully saturated rings. The number of halogens is 1. The molecule has 0 radical (unpaired) electrons. The first kappa shape index (κ1) is 16.6. The Labute approximate surface area is 143 Å². The van der Waals surface area contributed by atoms with Crippen molar-refractivity contribution in [3.8, 4) is 0 Å². The van der Waals surface area contributed by atoms with Crippen LogP contribution in [0.25, 0.3) is 5.52 Å². The summed E-state index contributed by atoms with van der Waals surface area (Å²) in [6.07, 6.45) is 5.17. The number of fused-ring (bicyclic) bond motifs is 1. The number of nitrogens with zero attached hydrogens (tertiary/aromatic N) is 2. The lowest BCUT2D eigenvalue weighted by molar-refractivity contribution is -0.142. The SMILES string of the molecule is COC(=O)[C@H](Cc1ccc(F)cc1)NC(=O)c1ccn2cncc2c1. The Bertz CT molecular complexity index is 905. The lowest BCUT2D eigenvalue weighted by Gasteiger charge is -2.17. The number of carbonyl (C=O) groups excluding carboxylic acids is 2. The molecule has 1 aromatic carbocycles. The molecule has 0 unspecified atom stereocenters. The lowest BCUT2D eigenvalue weighted by Crippen LogP contribution is -2.43. The highest BCUT2D eigenvalue weighted by atomic mass is 19.1. The molecular formula is C18H16FN3O3. The Balaban J connectivity index is 1.77. The summed E-state index contributed by atoms with van der Waals surface area (Å²) in [5.74, 6) is -1.33. The van der Waals surface area contributed by atoms with Crippen LogP contribution in [0.5, 0.6) is 0 Å². The molecule has 0 spiro atoms. The molecule has 2 aromatic heterocycles. The number of ether oxygens (including phenoxy) is 1. The molecule has 1 N–H and O–H groups in total. The molecule has 0 saturated carbocycles. The number of rotatable bonds is 5. The van der Waals surface area contributed by atoms with Gasteiger partial charge in [0.05, 0.1) is 25.2 Å². The summed E-state index contributed by atoms with van der Waals surface area (Å²) < 4.78 is 19.5. The van der Waals surface area contributed by atoms with Gasteiger partial charge in [0.15, 0.2) is 0 Å². The largest absolute Gasteiger partial charge is 0.467 e. The van der Waals surface area contributed by atoms with Gasteiger partial charge in [-0.25, -0.2) is 14.2 Å². The summed E-state index contributed by atoms with van der Waals surface area (Å²) in [6.45, 7) is 0. The molecule has 0 aliphatic carbocycles. The molecule has 6 nitrogen and oxygen atoms in total. The van der Waals surface area contributed by atoms with Crippen molar-refractivity contribution >= 4 is 17.4 Å². The predicted molar refractivity (Wildman–Crippen MR) is 88.6 cm³/mol. The number of benzene rings is 1. The maximum absolute atomic E-state index is 13.0. The summed E-state index contributed by atoms with van der Waals surface area (Å²) in [6, 6.07) is 8.18. The van der Waals surface area contributed by atoms with E-state index in [0.717, 1.165) is 5.52 Å². The van der Waals surface area contributed by atoms with E-state index in [1.54, 1.807) is 47.4 Å². The maximum atomic E-state index is 13.0. The average Bonchev–Trinajstić information content (AvgIpc) is 3.09. The van der Waals surface area contributed by atoms with Crippen molar-refractivity contribution in [1.82, 2.24) is 14.7 Å². The van der Waals surface area contributed by atoms with E-state index in [1.165, 1.54) is 19.2 Å². The highest BCUT2D eigenvalue weighted by molar-refractivity contribution is 5.97. The molecule has 2 heterocycles. The fourth-order valence-electron chi connectivity index (χ4n) is 2.49. The van der Waals surface area contributed by atoms with Gasteiger partial charge in [-0.2, -0.15) is 0 Å². The number of methoxy groups -OCH3 is 1. The second-order valence-corrected chi connectivity index (χ2v) is 5.52. The zero-order valence-electron chi connectivity index (χ0n) is 13.5. The Morgan fingerprint density at radius 1 is 1.28 bits per heavy atom. The minimum absolute atomic E-state index is 0.202. The number of amides is 1. The van der Waals surface area contributed by atoms with E-state index in [0.29, 0.717) is 11.1 Å². The van der Waals surface area contributed by atoms with Crippen molar-refractivity contribution in [3.63, 3.8) is 0 Å². The van der Waals surface area contributed by atoms with Gasteiger partial charge in [0.25, 0.3) is 5.91 Å². The fourth-order valence-corrected chi connectivity index (χ4v) is 2.49. The zero-order chi connectivity index (χ0) is 17.8. The quantitative estimate of drug-likeness (QED) is 0.721. The topological polar surface area (TPSA) is 72.7 Å². The molecule has 0 bridgehead atoms. The van der Waals surface area contributed by atoms with Crippen LogP contribution in [0.4, 0.5) is 4.39 Å². The Morgan fingerprint density at radius 3 is 2.76 bits per heavy atom. The number of nitrogens with one attached hydrogen (secondary N) is 1. The van der Waals surface area contributed by atoms with Crippen LogP contribution in [0.3, 0.4) is 0 Å². The van der Waals surface area contributed by atoms with Crippen LogP contribution < -0.4 is 5.32 Å². The first-order valence-corrected chi connectivity index (χ1v) is 7.61. The van der Waals surface area contributed by atoms with Crippen LogP contribution in [0, 0.1) is 5.82 Å². The molecule has 1 amide bonds. The third-order valence-corrected chi connectivity index (χ3v) is 3.82. The number of imidazole rings is 1. The van der Waals surface area contributed by atoms with Crippen LogP contribution in [0.1, 0.15) is 15.9 Å². The Kier molecular flexibility index (Phi) is 4.74. The normalized spacial score (nSPS) is 11.9. The molecule has 1 atom stereocenters. The Morgan fingerprint density at radius 2 is 2.04 bits per heavy atom. The van der Waals surface area contributed by atoms with Gasteiger partial charge in [0.2, 0.25) is 0 Å². The number of hydrogen-bond acceptors (Lipinski definition) is 4. The van der Waals surface area contributed by atoms with Crippen molar-refractivity contribution in [2.45, 2.75) is 12.5 Å². The molecule has 3 rings (SSSR count). The van der Waals surface area contributed by atoms with Crippen molar-refractivity contribution in [2.24, 2.45) is 0 Å². The minimum atomic E-state index is -0.871. The third kappa shape index (κ3) is 3.82. The van der Waals surface area contributed by atoms with Crippen LogP contribution in [0.2, 0.25) is 0 Å². The summed E-state index contributed by atoms with van der Waals surface area (Å²) in [5, 5.41) is 2.67. The molecule has 0 saturated heterocycles. The van der Waals surface area contributed by atoms with Gasteiger partial charge in [0, 0.05) is 18.2 Å². The number of hydrogen-bond donors (Lipinski definition) is 1. The van der Waals surface area contributed by atoms with Crippen molar-refractivity contribution < 1.29 is 18.7 Å². The molecule has 0 aliphatic rings. The second-order valence-electron chi connectivity index (χ2n) is 5.52. The van der Waals surface area contributed by atoms with Gasteiger partial charge in [-0.05, 0) is 29.8 Å². The lowest BCUT2D eigenvalue weighted by atomic mass is 10.1. The van der Waals surface area contributed by atoms with E-state index in [1.807, 2.05) is 0 Å². The van der Waals surface area contributed by atoms with Crippen LogP contribution in [-0.4, -0.2) is 34.4 Å². The summed E-state index contributed by atoms with van der Waals surface area (Å²) in [5.41, 5.74) is 1.88. The van der Waals surface area contributed by atoms with E-state index < -0.39 is 17.9 Å². The average molecular weight is 341 g/mol. The monoisotopic (exact) mass is 341 g/mol. The molecule has 3 aromatic rings. The van der Waals surface area contributed by atoms with Crippen molar-refractivity contribution in [1.29, 1.82) is 0 Å². The van der Waals surface area contributed by atoms with Crippen molar-refractivity contribution in [2.75, 3.05) is 7.11 Å². The first-order valence-electron chi connectivity index (χ1n) is 7.61. The van der Waals surface area contributed by atoms with Gasteiger partial charge < -0.3 is 14.5 Å². The molecule has 25 heavy (non-hydrogen) atoms. The van der Waals surface area contributed by atoms with Crippen LogP contribution in [0.15, 0.2) is 55.1 Å². The van der Waals surface area contributed by atoms with Gasteiger partial charge in [-0.15, -0.1) is 0 Å². The van der Waals surface area contributed by atoms with Gasteiger partial charge in [0.1, 0.15) is 11.9 Å². The van der Waals surface area contributed by atoms with Crippen molar-refractivity contribution in [3.05, 3.63) is 72.1 Å². The van der Waals surface area contributed by atoms with Crippen LogP contribution >= 0.6 is 0 Å². The molecular weight excluding hydrogens is 325 g/mol. The number of pyridine rings is 1. The maximum Gasteiger partial charge on any atom is 0.328 e. The van der Waals surface area contributed by atoms with Gasteiger partial charge in [-0.3, -0.25) is 4.79 Å². The number of esters is 1. The summed E-state index contributed by atoms with van der Waals surface area (Å²) in [7, 11) is 1.25. The van der Waals surface area contributed by atoms with E-state index >= 15 is 0 Å². The fraction of sp³-hybridized carbons (Fsp3) is 0.167. The van der Waals surface area contributed by atoms with Gasteiger partial charge >= 0.3 is 5.97 Å². The zero-order valence-corrected chi connectivity index (χ0v) is 13.5. The second kappa shape index (κ2) is 7.12. The molecule has 0 aliphatic heterocycles. The van der Waals surface area contributed by atoms with Gasteiger partial charge in [-0.1, -0.05) is 12.1 Å².